The van der Waals surface area contributed by atoms with Gasteiger partial charge in [-0.1, -0.05) is 29.7 Å². The molecule has 1 rings (SSSR count). The molecule has 0 fully saturated rings. The Bertz CT molecular complexity index is 229. The maximum absolute atomic E-state index is 5.10. The highest BCUT2D eigenvalue weighted by Gasteiger charge is 2.06. The molecule has 0 saturated carbocycles. The summed E-state index contributed by atoms with van der Waals surface area (Å²) in [6, 6.07) is 8.10. The molecular weight excluding hydrogens is 151 g/mol. The second-order valence-corrected chi connectivity index (χ2v) is 2.71. The summed E-state index contributed by atoms with van der Waals surface area (Å²) in [6.45, 7) is 0. The zero-order chi connectivity index (χ0) is 8.97. The third-order valence-electron chi connectivity index (χ3n) is 1.78. The third kappa shape index (κ3) is 2.09. The fourth-order valence-electron chi connectivity index (χ4n) is 1.09. The van der Waals surface area contributed by atoms with Crippen molar-refractivity contribution in [2.75, 3.05) is 14.2 Å². The van der Waals surface area contributed by atoms with Crippen molar-refractivity contribution in [3.63, 3.8) is 0 Å². The van der Waals surface area contributed by atoms with Gasteiger partial charge in [0.25, 0.3) is 0 Å². The van der Waals surface area contributed by atoms with Crippen LogP contribution in [0.15, 0.2) is 24.3 Å². The highest BCUT2D eigenvalue weighted by molar-refractivity contribution is 6.32. The molecule has 0 atom stereocenters. The van der Waals surface area contributed by atoms with Gasteiger partial charge in [-0.3, -0.25) is 0 Å². The second kappa shape index (κ2) is 4.29. The van der Waals surface area contributed by atoms with Crippen molar-refractivity contribution in [2.45, 2.75) is 6.29 Å². The van der Waals surface area contributed by atoms with Crippen LogP contribution in [0.25, 0.3) is 0 Å². The summed E-state index contributed by atoms with van der Waals surface area (Å²) in [5.41, 5.74) is 2.29. The molecular formula is C9H13BO2. The summed E-state index contributed by atoms with van der Waals surface area (Å²) >= 11 is 0. The molecule has 0 amide bonds. The predicted octanol–water partition coefficient (Wildman–Crippen LogP) is 0.236. The normalized spacial score (nSPS) is 10.6. The zero-order valence-corrected chi connectivity index (χ0v) is 7.70. The Morgan fingerprint density at radius 2 is 1.58 bits per heavy atom. The highest BCUT2D eigenvalue weighted by atomic mass is 16.7. The van der Waals surface area contributed by atoms with Crippen molar-refractivity contribution in [1.82, 2.24) is 0 Å². The lowest BCUT2D eigenvalue weighted by atomic mass is 9.95. The van der Waals surface area contributed by atoms with Gasteiger partial charge in [0.1, 0.15) is 7.85 Å². The van der Waals surface area contributed by atoms with E-state index in [9.17, 15) is 0 Å². The van der Waals surface area contributed by atoms with Gasteiger partial charge in [-0.05, 0) is 0 Å². The lowest BCUT2D eigenvalue weighted by Crippen LogP contribution is -2.06. The Labute approximate surface area is 73.9 Å². The Balaban J connectivity index is 2.80. The van der Waals surface area contributed by atoms with Crippen LogP contribution in [0.1, 0.15) is 11.9 Å². The van der Waals surface area contributed by atoms with Gasteiger partial charge in [0, 0.05) is 19.8 Å². The minimum atomic E-state index is -0.245. The van der Waals surface area contributed by atoms with Crippen LogP contribution in [-0.2, 0) is 9.47 Å². The summed E-state index contributed by atoms with van der Waals surface area (Å²) in [7, 11) is 5.32. The van der Waals surface area contributed by atoms with Crippen molar-refractivity contribution < 1.29 is 9.47 Å². The van der Waals surface area contributed by atoms with Crippen LogP contribution in [0.2, 0.25) is 0 Å². The first-order valence-electron chi connectivity index (χ1n) is 3.90. The summed E-state index contributed by atoms with van der Waals surface area (Å²) in [4.78, 5) is 0. The summed E-state index contributed by atoms with van der Waals surface area (Å²) in [6.07, 6.45) is -0.245. The number of benzene rings is 1. The maximum atomic E-state index is 5.10. The van der Waals surface area contributed by atoms with E-state index in [0.717, 1.165) is 5.56 Å². The smallest absolute Gasteiger partial charge is 0.183 e. The largest absolute Gasteiger partial charge is 0.352 e. The highest BCUT2D eigenvalue weighted by Crippen LogP contribution is 2.14. The number of hydrogen-bond acceptors (Lipinski definition) is 2. The Hall–Kier alpha value is -0.795. The van der Waals surface area contributed by atoms with Crippen molar-refractivity contribution in [1.29, 1.82) is 0 Å². The van der Waals surface area contributed by atoms with Crippen molar-refractivity contribution in [2.24, 2.45) is 0 Å². The lowest BCUT2D eigenvalue weighted by molar-refractivity contribution is -0.106. The number of ether oxygens (including phenoxy) is 2. The second-order valence-electron chi connectivity index (χ2n) is 2.71. The third-order valence-corrected chi connectivity index (χ3v) is 1.78. The minimum absolute atomic E-state index is 0.245. The molecule has 0 aromatic heterocycles. The van der Waals surface area contributed by atoms with E-state index >= 15 is 0 Å². The van der Waals surface area contributed by atoms with E-state index in [0.29, 0.717) is 0 Å². The first-order chi connectivity index (χ1) is 5.77. The van der Waals surface area contributed by atoms with Crippen molar-refractivity contribution in [3.8, 4) is 0 Å². The molecule has 1 aromatic rings. The van der Waals surface area contributed by atoms with Gasteiger partial charge in [0.15, 0.2) is 6.29 Å². The van der Waals surface area contributed by atoms with E-state index < -0.39 is 0 Å². The zero-order valence-electron chi connectivity index (χ0n) is 7.70. The molecule has 0 radical (unpaired) electrons. The van der Waals surface area contributed by atoms with Gasteiger partial charge >= 0.3 is 0 Å². The maximum Gasteiger partial charge on any atom is 0.183 e. The van der Waals surface area contributed by atoms with Crippen LogP contribution < -0.4 is 5.46 Å². The van der Waals surface area contributed by atoms with Crippen LogP contribution in [0.3, 0.4) is 0 Å². The number of methoxy groups -OCH3 is 2. The quantitative estimate of drug-likeness (QED) is 0.470. The van der Waals surface area contributed by atoms with Gasteiger partial charge in [-0.25, -0.2) is 0 Å². The molecule has 0 saturated heterocycles. The van der Waals surface area contributed by atoms with Crippen LogP contribution >= 0.6 is 0 Å². The van der Waals surface area contributed by atoms with Gasteiger partial charge in [-0.2, -0.15) is 0 Å². The van der Waals surface area contributed by atoms with Crippen LogP contribution in [0, 0.1) is 0 Å². The van der Waals surface area contributed by atoms with Crippen molar-refractivity contribution in [3.05, 3.63) is 29.8 Å². The molecule has 0 aliphatic carbocycles. The molecule has 0 N–H and O–H groups in total. The lowest BCUT2D eigenvalue weighted by Gasteiger charge is -2.13. The Morgan fingerprint density at radius 3 is 2.00 bits per heavy atom. The van der Waals surface area contributed by atoms with E-state index in [1.165, 1.54) is 5.46 Å². The first-order valence-corrected chi connectivity index (χ1v) is 3.90. The fourth-order valence-corrected chi connectivity index (χ4v) is 1.09. The Morgan fingerprint density at radius 1 is 1.08 bits per heavy atom. The van der Waals surface area contributed by atoms with Gasteiger partial charge in [0.2, 0.25) is 0 Å². The van der Waals surface area contributed by atoms with Gasteiger partial charge in [0.05, 0.1) is 0 Å². The topological polar surface area (TPSA) is 18.5 Å². The van der Waals surface area contributed by atoms with Crippen LogP contribution in [0.4, 0.5) is 0 Å². The predicted molar refractivity (Wildman–Crippen MR) is 51.4 cm³/mol. The molecule has 0 aliphatic heterocycles. The molecule has 1 aromatic carbocycles. The standard InChI is InChI=1S/C9H13BO2/c1-11-9(12-2)7-3-5-8(10)6-4-7/h3-6,9H,10H2,1-2H3. The van der Waals surface area contributed by atoms with Gasteiger partial charge < -0.3 is 9.47 Å². The van der Waals surface area contributed by atoms with E-state index in [2.05, 4.69) is 7.85 Å². The molecule has 0 aliphatic rings. The van der Waals surface area contributed by atoms with Crippen molar-refractivity contribution >= 4 is 13.3 Å². The first kappa shape index (κ1) is 9.29. The molecule has 0 unspecified atom stereocenters. The number of hydrogen-bond donors (Lipinski definition) is 0. The molecule has 3 heteroatoms. The van der Waals surface area contributed by atoms with Crippen LogP contribution in [0.5, 0.6) is 0 Å². The van der Waals surface area contributed by atoms with E-state index in [-0.39, 0.29) is 6.29 Å². The summed E-state index contributed by atoms with van der Waals surface area (Å²) in [5, 5.41) is 0. The fraction of sp³-hybridized carbons (Fsp3) is 0.333. The molecule has 2 nitrogen and oxygen atoms in total. The molecule has 0 spiro atoms. The summed E-state index contributed by atoms with van der Waals surface area (Å²) < 4.78 is 10.2. The summed E-state index contributed by atoms with van der Waals surface area (Å²) in [5.74, 6) is 0. The minimum Gasteiger partial charge on any atom is -0.352 e. The average molecular weight is 164 g/mol. The monoisotopic (exact) mass is 164 g/mol. The van der Waals surface area contributed by atoms with E-state index in [1.807, 2.05) is 24.3 Å². The molecule has 0 heterocycles. The van der Waals surface area contributed by atoms with E-state index in [1.54, 1.807) is 14.2 Å². The van der Waals surface area contributed by atoms with Crippen LogP contribution in [-0.4, -0.2) is 22.1 Å². The molecule has 64 valence electrons. The number of rotatable bonds is 3. The Kier molecular flexibility index (Phi) is 3.32. The molecule has 0 bridgehead atoms. The molecule has 12 heavy (non-hydrogen) atoms. The van der Waals surface area contributed by atoms with E-state index in [4.69, 9.17) is 9.47 Å². The van der Waals surface area contributed by atoms with Gasteiger partial charge in [-0.15, -0.1) is 0 Å². The average Bonchev–Trinajstić information content (AvgIpc) is 2.10. The SMILES string of the molecule is Bc1ccc(C(OC)OC)cc1.